The highest BCUT2D eigenvalue weighted by Crippen LogP contribution is 2.20. The van der Waals surface area contributed by atoms with Gasteiger partial charge in [0.05, 0.1) is 13.2 Å². The SMILES string of the molecule is C/C=C/COCc1ccc(CNC(C)(C)C)cc1Br. The van der Waals surface area contributed by atoms with Gasteiger partial charge in [0.2, 0.25) is 0 Å². The first kappa shape index (κ1) is 16.4. The summed E-state index contributed by atoms with van der Waals surface area (Å²) in [5, 5.41) is 3.48. The molecule has 0 aromatic heterocycles. The number of halogens is 1. The Morgan fingerprint density at radius 3 is 2.63 bits per heavy atom. The van der Waals surface area contributed by atoms with Gasteiger partial charge in [-0.25, -0.2) is 0 Å². The molecule has 0 bridgehead atoms. The smallest absolute Gasteiger partial charge is 0.0732 e. The van der Waals surface area contributed by atoms with Crippen molar-refractivity contribution in [1.82, 2.24) is 5.32 Å². The number of rotatable bonds is 6. The molecule has 0 radical (unpaired) electrons. The van der Waals surface area contributed by atoms with Gasteiger partial charge in [0.15, 0.2) is 0 Å². The first-order chi connectivity index (χ1) is 8.92. The molecule has 19 heavy (non-hydrogen) atoms. The van der Waals surface area contributed by atoms with E-state index in [4.69, 9.17) is 4.74 Å². The lowest BCUT2D eigenvalue weighted by Gasteiger charge is -2.20. The maximum atomic E-state index is 5.56. The van der Waals surface area contributed by atoms with Crippen LogP contribution in [0.5, 0.6) is 0 Å². The molecule has 106 valence electrons. The summed E-state index contributed by atoms with van der Waals surface area (Å²) in [4.78, 5) is 0. The monoisotopic (exact) mass is 325 g/mol. The van der Waals surface area contributed by atoms with Crippen molar-refractivity contribution in [3.05, 3.63) is 46.0 Å². The largest absolute Gasteiger partial charge is 0.373 e. The fraction of sp³-hybridized carbons (Fsp3) is 0.500. The molecular formula is C16H24BrNO. The number of nitrogens with one attached hydrogen (secondary N) is 1. The van der Waals surface area contributed by atoms with Gasteiger partial charge in [-0.15, -0.1) is 0 Å². The van der Waals surface area contributed by atoms with Crippen molar-refractivity contribution in [3.63, 3.8) is 0 Å². The van der Waals surface area contributed by atoms with E-state index in [1.54, 1.807) is 0 Å². The van der Waals surface area contributed by atoms with E-state index in [0.29, 0.717) is 13.2 Å². The average molecular weight is 326 g/mol. The van der Waals surface area contributed by atoms with Gasteiger partial charge in [-0.1, -0.05) is 40.2 Å². The van der Waals surface area contributed by atoms with Crippen molar-refractivity contribution in [1.29, 1.82) is 0 Å². The first-order valence-corrected chi connectivity index (χ1v) is 7.43. The molecule has 0 heterocycles. The first-order valence-electron chi connectivity index (χ1n) is 6.63. The minimum absolute atomic E-state index is 0.140. The van der Waals surface area contributed by atoms with Crippen LogP contribution in [-0.2, 0) is 17.9 Å². The van der Waals surface area contributed by atoms with E-state index >= 15 is 0 Å². The second kappa shape index (κ2) is 7.83. The van der Waals surface area contributed by atoms with E-state index in [0.717, 1.165) is 11.0 Å². The van der Waals surface area contributed by atoms with Crippen LogP contribution in [0, 0.1) is 0 Å². The van der Waals surface area contributed by atoms with Crippen molar-refractivity contribution in [2.75, 3.05) is 6.61 Å². The molecule has 0 spiro atoms. The third kappa shape index (κ3) is 6.90. The van der Waals surface area contributed by atoms with E-state index in [1.807, 2.05) is 19.1 Å². The van der Waals surface area contributed by atoms with Crippen LogP contribution in [0.25, 0.3) is 0 Å². The van der Waals surface area contributed by atoms with Crippen LogP contribution in [0.1, 0.15) is 38.8 Å². The molecule has 1 N–H and O–H groups in total. The van der Waals surface area contributed by atoms with Gasteiger partial charge in [0.1, 0.15) is 0 Å². The van der Waals surface area contributed by atoms with Gasteiger partial charge < -0.3 is 10.1 Å². The fourth-order valence-corrected chi connectivity index (χ4v) is 2.06. The molecule has 0 aliphatic rings. The maximum Gasteiger partial charge on any atom is 0.0732 e. The van der Waals surface area contributed by atoms with Crippen molar-refractivity contribution in [3.8, 4) is 0 Å². The van der Waals surface area contributed by atoms with Gasteiger partial charge in [-0.05, 0) is 44.9 Å². The summed E-state index contributed by atoms with van der Waals surface area (Å²) in [5.74, 6) is 0. The van der Waals surface area contributed by atoms with E-state index in [2.05, 4.69) is 60.2 Å². The second-order valence-electron chi connectivity index (χ2n) is 5.61. The highest BCUT2D eigenvalue weighted by atomic mass is 79.9. The summed E-state index contributed by atoms with van der Waals surface area (Å²) >= 11 is 3.61. The second-order valence-corrected chi connectivity index (χ2v) is 6.47. The molecule has 3 heteroatoms. The van der Waals surface area contributed by atoms with Gasteiger partial charge >= 0.3 is 0 Å². The Labute approximate surface area is 125 Å². The Balaban J connectivity index is 2.54. The third-order valence-electron chi connectivity index (χ3n) is 2.65. The maximum absolute atomic E-state index is 5.56. The third-order valence-corrected chi connectivity index (χ3v) is 3.39. The molecular weight excluding hydrogens is 302 g/mol. The molecule has 0 unspecified atom stereocenters. The molecule has 0 aliphatic heterocycles. The fourth-order valence-electron chi connectivity index (χ4n) is 1.52. The molecule has 1 rings (SSSR count). The molecule has 1 aromatic carbocycles. The lowest BCUT2D eigenvalue weighted by molar-refractivity contribution is 0.148. The van der Waals surface area contributed by atoms with Crippen LogP contribution < -0.4 is 5.32 Å². The Kier molecular flexibility index (Phi) is 6.76. The molecule has 0 aliphatic carbocycles. The van der Waals surface area contributed by atoms with Gasteiger partial charge in [-0.3, -0.25) is 0 Å². The Hall–Kier alpha value is -0.640. The van der Waals surface area contributed by atoms with Crippen LogP contribution in [0.4, 0.5) is 0 Å². The van der Waals surface area contributed by atoms with E-state index in [9.17, 15) is 0 Å². The minimum atomic E-state index is 0.140. The molecule has 1 aromatic rings. The van der Waals surface area contributed by atoms with Crippen molar-refractivity contribution >= 4 is 15.9 Å². The van der Waals surface area contributed by atoms with Crippen LogP contribution in [0.15, 0.2) is 34.8 Å². The number of allylic oxidation sites excluding steroid dienone is 1. The summed E-state index contributed by atoms with van der Waals surface area (Å²) in [5.41, 5.74) is 2.60. The van der Waals surface area contributed by atoms with Crippen LogP contribution >= 0.6 is 15.9 Å². The van der Waals surface area contributed by atoms with E-state index < -0.39 is 0 Å². The zero-order valence-corrected chi connectivity index (χ0v) is 13.9. The standard InChI is InChI=1S/C16H24BrNO/c1-5-6-9-19-12-14-8-7-13(10-15(14)17)11-18-16(2,3)4/h5-8,10,18H,9,11-12H2,1-4H3/b6-5+. The van der Waals surface area contributed by atoms with Crippen LogP contribution in [0.2, 0.25) is 0 Å². The molecule has 0 fully saturated rings. The normalized spacial score (nSPS) is 12.3. The van der Waals surface area contributed by atoms with Crippen LogP contribution in [0.3, 0.4) is 0 Å². The Bertz CT molecular complexity index is 421. The summed E-state index contributed by atoms with van der Waals surface area (Å²) < 4.78 is 6.67. The number of benzene rings is 1. The highest BCUT2D eigenvalue weighted by molar-refractivity contribution is 9.10. The van der Waals surface area contributed by atoms with Crippen molar-refractivity contribution in [2.24, 2.45) is 0 Å². The lowest BCUT2D eigenvalue weighted by Crippen LogP contribution is -2.35. The van der Waals surface area contributed by atoms with Crippen molar-refractivity contribution in [2.45, 2.75) is 46.4 Å². The zero-order valence-electron chi connectivity index (χ0n) is 12.3. The molecule has 0 saturated heterocycles. The molecule has 0 saturated carbocycles. The predicted octanol–water partition coefficient (Wildman–Crippen LogP) is 4.43. The minimum Gasteiger partial charge on any atom is -0.373 e. The van der Waals surface area contributed by atoms with E-state index in [-0.39, 0.29) is 5.54 Å². The summed E-state index contributed by atoms with van der Waals surface area (Å²) in [6.07, 6.45) is 4.01. The number of hydrogen-bond donors (Lipinski definition) is 1. The quantitative estimate of drug-likeness (QED) is 0.617. The number of hydrogen-bond acceptors (Lipinski definition) is 2. The topological polar surface area (TPSA) is 21.3 Å². The summed E-state index contributed by atoms with van der Waals surface area (Å²) in [6, 6.07) is 6.43. The van der Waals surface area contributed by atoms with Gasteiger partial charge in [0, 0.05) is 16.6 Å². The Morgan fingerprint density at radius 2 is 2.05 bits per heavy atom. The van der Waals surface area contributed by atoms with Crippen LogP contribution in [-0.4, -0.2) is 12.1 Å². The average Bonchev–Trinajstić information content (AvgIpc) is 2.33. The molecule has 0 amide bonds. The van der Waals surface area contributed by atoms with Gasteiger partial charge in [0.25, 0.3) is 0 Å². The summed E-state index contributed by atoms with van der Waals surface area (Å²) in [6.45, 7) is 10.7. The van der Waals surface area contributed by atoms with Gasteiger partial charge in [-0.2, -0.15) is 0 Å². The highest BCUT2D eigenvalue weighted by Gasteiger charge is 2.09. The molecule has 0 atom stereocenters. The van der Waals surface area contributed by atoms with E-state index in [1.165, 1.54) is 11.1 Å². The summed E-state index contributed by atoms with van der Waals surface area (Å²) in [7, 11) is 0. The lowest BCUT2D eigenvalue weighted by atomic mass is 10.1. The van der Waals surface area contributed by atoms with Crippen molar-refractivity contribution < 1.29 is 4.74 Å². The Morgan fingerprint density at radius 1 is 1.32 bits per heavy atom. The number of ether oxygens (including phenoxy) is 1. The zero-order chi connectivity index (χ0) is 14.3. The molecule has 2 nitrogen and oxygen atoms in total. The predicted molar refractivity (Wildman–Crippen MR) is 85.2 cm³/mol.